The molecule has 5 nitrogen and oxygen atoms in total. The summed E-state index contributed by atoms with van der Waals surface area (Å²) < 4.78 is 5.49. The minimum atomic E-state index is 0.666. The summed E-state index contributed by atoms with van der Waals surface area (Å²) in [5, 5.41) is 10.5. The fourth-order valence-electron chi connectivity index (χ4n) is 4.29. The molecule has 1 N–H and O–H groups in total. The zero-order valence-electron chi connectivity index (χ0n) is 17.3. The number of ether oxygens (including phenoxy) is 1. The van der Waals surface area contributed by atoms with E-state index in [1.54, 1.807) is 0 Å². The second-order valence-corrected chi connectivity index (χ2v) is 7.88. The van der Waals surface area contributed by atoms with E-state index in [0.29, 0.717) is 5.56 Å². The Balaban J connectivity index is 1.58. The van der Waals surface area contributed by atoms with Crippen molar-refractivity contribution < 1.29 is 4.74 Å². The zero-order valence-corrected chi connectivity index (χ0v) is 17.3. The summed E-state index contributed by atoms with van der Waals surface area (Å²) in [5.41, 5.74) is 7.34. The number of hydrogen-bond acceptors (Lipinski definition) is 4. The molecule has 2 aromatic carbocycles. The number of H-pyrrole nitrogens is 1. The summed E-state index contributed by atoms with van der Waals surface area (Å²) in [6.07, 6.45) is 4.73. The van der Waals surface area contributed by atoms with Gasteiger partial charge in [-0.3, -0.25) is 9.88 Å². The Morgan fingerprint density at radius 1 is 0.968 bits per heavy atom. The van der Waals surface area contributed by atoms with Crippen LogP contribution in [0, 0.1) is 11.3 Å². The van der Waals surface area contributed by atoms with Crippen LogP contribution in [-0.2, 0) is 11.2 Å². The van der Waals surface area contributed by atoms with Crippen LogP contribution in [-0.4, -0.2) is 47.7 Å². The van der Waals surface area contributed by atoms with E-state index >= 15 is 0 Å². The smallest absolute Gasteiger partial charge is 0.0991 e. The third-order valence-corrected chi connectivity index (χ3v) is 5.92. The molecule has 5 rings (SSSR count). The molecule has 0 aliphatic carbocycles. The quantitative estimate of drug-likeness (QED) is 0.522. The van der Waals surface area contributed by atoms with Crippen molar-refractivity contribution >= 4 is 10.9 Å². The molecule has 0 spiro atoms. The maximum absolute atomic E-state index is 9.44. The number of aromatic amines is 1. The molecule has 1 fully saturated rings. The maximum Gasteiger partial charge on any atom is 0.0991 e. The Hall–Kier alpha value is -3.46. The third kappa shape index (κ3) is 4.09. The van der Waals surface area contributed by atoms with Gasteiger partial charge in [-0.2, -0.15) is 5.26 Å². The van der Waals surface area contributed by atoms with Gasteiger partial charge in [0.05, 0.1) is 24.8 Å². The molecule has 0 saturated carbocycles. The lowest BCUT2D eigenvalue weighted by atomic mass is 9.98. The van der Waals surface area contributed by atoms with E-state index in [4.69, 9.17) is 4.74 Å². The van der Waals surface area contributed by atoms with Crippen LogP contribution >= 0.6 is 0 Å². The Kier molecular flexibility index (Phi) is 5.49. The van der Waals surface area contributed by atoms with Gasteiger partial charge in [-0.05, 0) is 29.8 Å². The van der Waals surface area contributed by atoms with Crippen LogP contribution in [0.1, 0.15) is 11.3 Å². The predicted molar refractivity (Wildman–Crippen MR) is 123 cm³/mol. The van der Waals surface area contributed by atoms with Gasteiger partial charge in [0.1, 0.15) is 0 Å². The number of pyridine rings is 1. The van der Waals surface area contributed by atoms with Gasteiger partial charge in [-0.1, -0.05) is 30.3 Å². The number of hydrogen-bond donors (Lipinski definition) is 1. The van der Waals surface area contributed by atoms with E-state index in [1.165, 1.54) is 5.69 Å². The lowest BCUT2D eigenvalue weighted by molar-refractivity contribution is 0.0384. The molecular weight excluding hydrogens is 384 g/mol. The van der Waals surface area contributed by atoms with E-state index in [1.807, 2.05) is 48.8 Å². The summed E-state index contributed by atoms with van der Waals surface area (Å²) in [4.78, 5) is 10.6. The minimum absolute atomic E-state index is 0.666. The summed E-state index contributed by atoms with van der Waals surface area (Å²) in [6.45, 7) is 4.51. The van der Waals surface area contributed by atoms with E-state index in [2.05, 4.69) is 39.1 Å². The van der Waals surface area contributed by atoms with E-state index in [9.17, 15) is 5.26 Å². The molecule has 1 saturated heterocycles. The number of aromatic nitrogens is 2. The average Bonchev–Trinajstić information content (AvgIpc) is 3.21. The molecule has 0 bridgehead atoms. The highest BCUT2D eigenvalue weighted by atomic mass is 16.5. The lowest BCUT2D eigenvalue weighted by Crippen LogP contribution is -2.37. The van der Waals surface area contributed by atoms with Crippen molar-refractivity contribution in [2.75, 3.05) is 32.8 Å². The molecular formula is C26H24N4O. The van der Waals surface area contributed by atoms with Gasteiger partial charge in [0.2, 0.25) is 0 Å². The zero-order chi connectivity index (χ0) is 21.0. The molecule has 0 unspecified atom stereocenters. The van der Waals surface area contributed by atoms with Crippen molar-refractivity contribution in [3.05, 3.63) is 78.2 Å². The SMILES string of the molecule is N#Cc1ccc2[nH]c(CCN3CCOCC3)c(-c3cncc(-c4ccccc4)c3)c2c1. The highest BCUT2D eigenvalue weighted by molar-refractivity contribution is 5.98. The number of nitriles is 1. The van der Waals surface area contributed by atoms with Crippen LogP contribution in [0.2, 0.25) is 0 Å². The van der Waals surface area contributed by atoms with Crippen molar-refractivity contribution in [1.82, 2.24) is 14.9 Å². The van der Waals surface area contributed by atoms with Crippen molar-refractivity contribution in [2.45, 2.75) is 6.42 Å². The first-order chi connectivity index (χ1) is 15.3. The summed E-state index contributed by atoms with van der Waals surface area (Å²) in [7, 11) is 0. The minimum Gasteiger partial charge on any atom is -0.379 e. The standard InChI is InChI=1S/C26H24N4O/c27-16-19-6-7-24-23(14-19)26(25(29-24)8-9-30-10-12-31-13-11-30)22-15-21(17-28-18-22)20-4-2-1-3-5-20/h1-7,14-15,17-18,29H,8-13H2. The monoisotopic (exact) mass is 408 g/mol. The van der Waals surface area contributed by atoms with Crippen molar-refractivity contribution in [2.24, 2.45) is 0 Å². The Morgan fingerprint density at radius 3 is 2.58 bits per heavy atom. The Labute approximate surface area is 181 Å². The van der Waals surface area contributed by atoms with Gasteiger partial charge in [-0.15, -0.1) is 0 Å². The normalized spacial score (nSPS) is 14.5. The number of nitrogens with one attached hydrogen (secondary N) is 1. The van der Waals surface area contributed by atoms with Gasteiger partial charge < -0.3 is 9.72 Å². The van der Waals surface area contributed by atoms with Crippen LogP contribution in [0.4, 0.5) is 0 Å². The first kappa shape index (κ1) is 19.5. The van der Waals surface area contributed by atoms with Gasteiger partial charge in [0.15, 0.2) is 0 Å². The van der Waals surface area contributed by atoms with E-state index in [-0.39, 0.29) is 0 Å². The first-order valence-electron chi connectivity index (χ1n) is 10.7. The Bertz CT molecular complexity index is 1230. The van der Waals surface area contributed by atoms with Crippen LogP contribution in [0.5, 0.6) is 0 Å². The van der Waals surface area contributed by atoms with Crippen LogP contribution in [0.25, 0.3) is 33.2 Å². The maximum atomic E-state index is 9.44. The number of morpholine rings is 1. The van der Waals surface area contributed by atoms with E-state index < -0.39 is 0 Å². The van der Waals surface area contributed by atoms with Gasteiger partial charge >= 0.3 is 0 Å². The summed E-state index contributed by atoms with van der Waals surface area (Å²) in [5.74, 6) is 0. The van der Waals surface area contributed by atoms with Crippen LogP contribution < -0.4 is 0 Å². The van der Waals surface area contributed by atoms with Gasteiger partial charge in [0, 0.05) is 71.7 Å². The number of rotatable bonds is 5. The molecule has 31 heavy (non-hydrogen) atoms. The molecule has 0 radical (unpaired) electrons. The Morgan fingerprint density at radius 2 is 1.77 bits per heavy atom. The molecule has 0 amide bonds. The number of fused-ring (bicyclic) bond motifs is 1. The molecule has 1 aliphatic rings. The molecule has 1 aliphatic heterocycles. The second kappa shape index (κ2) is 8.73. The highest BCUT2D eigenvalue weighted by Crippen LogP contribution is 2.35. The lowest BCUT2D eigenvalue weighted by Gasteiger charge is -2.26. The van der Waals surface area contributed by atoms with Gasteiger partial charge in [-0.25, -0.2) is 0 Å². The van der Waals surface area contributed by atoms with Crippen molar-refractivity contribution in [1.29, 1.82) is 5.26 Å². The molecule has 2 aromatic heterocycles. The average molecular weight is 409 g/mol. The van der Waals surface area contributed by atoms with Gasteiger partial charge in [0.25, 0.3) is 0 Å². The molecule has 0 atom stereocenters. The number of nitrogens with zero attached hydrogens (tertiary/aromatic N) is 3. The second-order valence-electron chi connectivity index (χ2n) is 7.88. The molecule has 4 aromatic rings. The highest BCUT2D eigenvalue weighted by Gasteiger charge is 2.17. The predicted octanol–water partition coefficient (Wildman–Crippen LogP) is 4.64. The van der Waals surface area contributed by atoms with Crippen LogP contribution in [0.3, 0.4) is 0 Å². The first-order valence-corrected chi connectivity index (χ1v) is 10.7. The van der Waals surface area contributed by atoms with Crippen molar-refractivity contribution in [3.8, 4) is 28.3 Å². The van der Waals surface area contributed by atoms with Crippen molar-refractivity contribution in [3.63, 3.8) is 0 Å². The number of benzene rings is 2. The topological polar surface area (TPSA) is 64.9 Å². The molecule has 154 valence electrons. The summed E-state index contributed by atoms with van der Waals surface area (Å²) in [6, 6.07) is 20.6. The van der Waals surface area contributed by atoms with E-state index in [0.717, 1.165) is 72.4 Å². The molecule has 3 heterocycles. The fraction of sp³-hybridized carbons (Fsp3) is 0.231. The molecule has 5 heteroatoms. The largest absolute Gasteiger partial charge is 0.379 e. The summed E-state index contributed by atoms with van der Waals surface area (Å²) >= 11 is 0. The fourth-order valence-corrected chi connectivity index (χ4v) is 4.29. The van der Waals surface area contributed by atoms with Crippen LogP contribution in [0.15, 0.2) is 67.0 Å². The third-order valence-electron chi connectivity index (χ3n) is 5.92.